The number of nitrogens with one attached hydrogen (secondary N) is 1. The minimum atomic E-state index is -0.439. The lowest BCUT2D eigenvalue weighted by atomic mass is 10.0. The Labute approximate surface area is 183 Å². The number of rotatable bonds is 7. The average Bonchev–Trinajstić information content (AvgIpc) is 3.29. The molecule has 0 radical (unpaired) electrons. The quantitative estimate of drug-likeness (QED) is 0.499. The van der Waals surface area contributed by atoms with Crippen LogP contribution in [0.2, 0.25) is 5.02 Å². The largest absolute Gasteiger partial charge is 0.352 e. The van der Waals surface area contributed by atoms with Crippen LogP contribution in [0.15, 0.2) is 84.9 Å². The molecule has 0 aliphatic heterocycles. The Balaban J connectivity index is 1.73. The van der Waals surface area contributed by atoms with Gasteiger partial charge in [-0.15, -0.1) is 0 Å². The number of hydrogen-bond donors (Lipinski definition) is 1. The van der Waals surface area contributed by atoms with E-state index in [9.17, 15) is 4.79 Å². The maximum absolute atomic E-state index is 13.6. The lowest BCUT2D eigenvalue weighted by Gasteiger charge is -2.34. The first kappa shape index (κ1) is 20.5. The molecule has 30 heavy (non-hydrogen) atoms. The van der Waals surface area contributed by atoms with Crippen molar-refractivity contribution in [1.82, 2.24) is 5.32 Å². The van der Waals surface area contributed by atoms with Gasteiger partial charge in [-0.2, -0.15) is 0 Å². The molecule has 154 valence electrons. The maximum Gasteiger partial charge on any atom is 0.247 e. The minimum absolute atomic E-state index is 0.0454. The van der Waals surface area contributed by atoms with Crippen molar-refractivity contribution < 1.29 is 4.79 Å². The molecular formula is C26H27ClN2O. The fourth-order valence-corrected chi connectivity index (χ4v) is 4.33. The number of amides is 1. The highest BCUT2D eigenvalue weighted by Gasteiger charge is 2.30. The third-order valence-electron chi connectivity index (χ3n) is 5.73. The molecule has 0 heterocycles. The van der Waals surface area contributed by atoms with Crippen molar-refractivity contribution in [2.45, 2.75) is 44.3 Å². The first-order chi connectivity index (χ1) is 14.7. The van der Waals surface area contributed by atoms with Crippen LogP contribution in [0, 0.1) is 0 Å². The lowest BCUT2D eigenvalue weighted by molar-refractivity contribution is -0.123. The summed E-state index contributed by atoms with van der Waals surface area (Å²) in [5, 5.41) is 3.98. The molecule has 4 rings (SSSR count). The molecule has 3 aromatic rings. The van der Waals surface area contributed by atoms with Crippen molar-refractivity contribution in [3.8, 4) is 0 Å². The molecule has 1 unspecified atom stereocenters. The van der Waals surface area contributed by atoms with Crippen LogP contribution in [0.5, 0.6) is 0 Å². The number of carbonyl (C=O) groups is 1. The van der Waals surface area contributed by atoms with Gasteiger partial charge in [-0.1, -0.05) is 85.1 Å². The summed E-state index contributed by atoms with van der Waals surface area (Å²) < 4.78 is 0. The Morgan fingerprint density at radius 2 is 1.50 bits per heavy atom. The number of benzene rings is 3. The van der Waals surface area contributed by atoms with Crippen LogP contribution in [-0.2, 0) is 11.3 Å². The molecule has 1 N–H and O–H groups in total. The lowest BCUT2D eigenvalue weighted by Crippen LogP contribution is -2.43. The van der Waals surface area contributed by atoms with E-state index < -0.39 is 6.04 Å². The third-order valence-corrected chi connectivity index (χ3v) is 5.98. The average molecular weight is 419 g/mol. The Morgan fingerprint density at radius 1 is 0.900 bits per heavy atom. The van der Waals surface area contributed by atoms with E-state index >= 15 is 0 Å². The number of halogens is 1. The number of carbonyl (C=O) groups excluding carboxylic acids is 1. The first-order valence-electron chi connectivity index (χ1n) is 10.6. The molecular weight excluding hydrogens is 392 g/mol. The number of nitrogens with zero attached hydrogens (tertiary/aromatic N) is 1. The van der Waals surface area contributed by atoms with Crippen LogP contribution in [0.3, 0.4) is 0 Å². The fourth-order valence-electron chi connectivity index (χ4n) is 4.20. The third kappa shape index (κ3) is 5.03. The summed E-state index contributed by atoms with van der Waals surface area (Å²) in [6.07, 6.45) is 4.48. The van der Waals surface area contributed by atoms with Gasteiger partial charge < -0.3 is 10.2 Å². The van der Waals surface area contributed by atoms with Crippen LogP contribution in [0.4, 0.5) is 5.69 Å². The second-order valence-electron chi connectivity index (χ2n) is 7.89. The summed E-state index contributed by atoms with van der Waals surface area (Å²) >= 11 is 6.15. The predicted molar refractivity (Wildman–Crippen MR) is 124 cm³/mol. The minimum Gasteiger partial charge on any atom is -0.352 e. The molecule has 1 amide bonds. The molecule has 1 fully saturated rings. The number of anilines is 1. The molecule has 0 spiro atoms. The van der Waals surface area contributed by atoms with E-state index in [-0.39, 0.29) is 11.9 Å². The zero-order chi connectivity index (χ0) is 20.8. The zero-order valence-electron chi connectivity index (χ0n) is 17.0. The highest BCUT2D eigenvalue weighted by atomic mass is 35.5. The smallest absolute Gasteiger partial charge is 0.247 e. The summed E-state index contributed by atoms with van der Waals surface area (Å²) in [4.78, 5) is 15.8. The van der Waals surface area contributed by atoms with Crippen molar-refractivity contribution in [2.75, 3.05) is 4.90 Å². The highest BCUT2D eigenvalue weighted by molar-refractivity contribution is 6.30. The second-order valence-corrected chi connectivity index (χ2v) is 8.33. The summed E-state index contributed by atoms with van der Waals surface area (Å²) in [6.45, 7) is 0.635. The molecule has 1 aliphatic carbocycles. The van der Waals surface area contributed by atoms with Crippen molar-refractivity contribution in [2.24, 2.45) is 0 Å². The van der Waals surface area contributed by atoms with Gasteiger partial charge in [0.15, 0.2) is 0 Å². The molecule has 0 aromatic heterocycles. The maximum atomic E-state index is 13.6. The van der Waals surface area contributed by atoms with Gasteiger partial charge >= 0.3 is 0 Å². The normalized spacial score (nSPS) is 15.0. The molecule has 1 aliphatic rings. The predicted octanol–water partition coefficient (Wildman–Crippen LogP) is 6.15. The van der Waals surface area contributed by atoms with Gasteiger partial charge in [0.2, 0.25) is 5.91 Å². The summed E-state index contributed by atoms with van der Waals surface area (Å²) in [6, 6.07) is 27.9. The molecule has 1 saturated carbocycles. The summed E-state index contributed by atoms with van der Waals surface area (Å²) in [7, 11) is 0. The van der Waals surface area contributed by atoms with E-state index in [0.29, 0.717) is 11.6 Å². The van der Waals surface area contributed by atoms with Gasteiger partial charge in [0, 0.05) is 23.3 Å². The van der Waals surface area contributed by atoms with Crippen molar-refractivity contribution >= 4 is 23.2 Å². The Bertz CT molecular complexity index is 938. The molecule has 0 bridgehead atoms. The Hall–Kier alpha value is -2.78. The fraction of sp³-hybridized carbons (Fsp3) is 0.269. The standard InChI is InChI=1S/C26H27ClN2O/c27-22-17-15-21(16-18-22)25(26(30)28-23-11-7-8-12-23)29(24-13-5-2-6-14-24)19-20-9-3-1-4-10-20/h1-6,9-10,13-18,23,25H,7-8,11-12,19H2,(H,28,30). The van der Waals surface area contributed by atoms with E-state index in [4.69, 9.17) is 11.6 Å². The highest BCUT2D eigenvalue weighted by Crippen LogP contribution is 2.31. The van der Waals surface area contributed by atoms with E-state index in [2.05, 4.69) is 34.5 Å². The van der Waals surface area contributed by atoms with Crippen molar-refractivity contribution in [3.05, 3.63) is 101 Å². The Kier molecular flexibility index (Phi) is 6.70. The van der Waals surface area contributed by atoms with E-state index in [1.807, 2.05) is 60.7 Å². The van der Waals surface area contributed by atoms with Gasteiger partial charge in [-0.3, -0.25) is 4.79 Å². The van der Waals surface area contributed by atoms with Gasteiger partial charge in [-0.05, 0) is 48.2 Å². The zero-order valence-corrected chi connectivity index (χ0v) is 17.8. The van der Waals surface area contributed by atoms with E-state index in [1.165, 1.54) is 12.8 Å². The number of para-hydroxylation sites is 1. The van der Waals surface area contributed by atoms with E-state index in [1.54, 1.807) is 0 Å². The first-order valence-corrected chi connectivity index (χ1v) is 11.0. The van der Waals surface area contributed by atoms with Crippen molar-refractivity contribution in [3.63, 3.8) is 0 Å². The van der Waals surface area contributed by atoms with Gasteiger partial charge in [0.05, 0.1) is 0 Å². The van der Waals surface area contributed by atoms with E-state index in [0.717, 1.165) is 29.7 Å². The Morgan fingerprint density at radius 3 is 2.13 bits per heavy atom. The molecule has 1 atom stereocenters. The summed E-state index contributed by atoms with van der Waals surface area (Å²) in [5.74, 6) is 0.0454. The van der Waals surface area contributed by atoms with Crippen LogP contribution in [0.1, 0.15) is 42.9 Å². The summed E-state index contributed by atoms with van der Waals surface area (Å²) in [5.41, 5.74) is 3.12. The van der Waals surface area contributed by atoms with Crippen LogP contribution in [-0.4, -0.2) is 11.9 Å². The van der Waals surface area contributed by atoms with Crippen molar-refractivity contribution in [1.29, 1.82) is 0 Å². The molecule has 3 nitrogen and oxygen atoms in total. The molecule has 0 saturated heterocycles. The number of hydrogen-bond acceptors (Lipinski definition) is 2. The second kappa shape index (κ2) is 9.82. The van der Waals surface area contributed by atoms with Crippen LogP contribution in [0.25, 0.3) is 0 Å². The topological polar surface area (TPSA) is 32.3 Å². The van der Waals surface area contributed by atoms with Gasteiger partial charge in [0.25, 0.3) is 0 Å². The molecule has 4 heteroatoms. The monoisotopic (exact) mass is 418 g/mol. The SMILES string of the molecule is O=C(NC1CCCC1)C(c1ccc(Cl)cc1)N(Cc1ccccc1)c1ccccc1. The molecule has 3 aromatic carbocycles. The van der Waals surface area contributed by atoms with Gasteiger partial charge in [-0.25, -0.2) is 0 Å². The van der Waals surface area contributed by atoms with Crippen LogP contribution < -0.4 is 10.2 Å². The van der Waals surface area contributed by atoms with Gasteiger partial charge in [0.1, 0.15) is 6.04 Å². The van der Waals surface area contributed by atoms with Crippen LogP contribution >= 0.6 is 11.6 Å².